The zero-order valence-corrected chi connectivity index (χ0v) is 27.1. The minimum atomic E-state index is -0.0620. The molecular weight excluding hydrogens is 603 g/mol. The number of rotatable bonds is 3. The predicted octanol–water partition coefficient (Wildman–Crippen LogP) is 10.3. The van der Waals surface area contributed by atoms with Crippen LogP contribution in [0.2, 0.25) is 0 Å². The number of ether oxygens (including phenoxy) is 1. The van der Waals surface area contributed by atoms with E-state index in [1.165, 1.54) is 43.2 Å². The normalized spacial score (nSPS) is 28.0. The van der Waals surface area contributed by atoms with Crippen LogP contribution in [0.1, 0.15) is 54.8 Å². The van der Waals surface area contributed by atoms with E-state index in [9.17, 15) is 0 Å². The zero-order chi connectivity index (χ0) is 31.8. The third kappa shape index (κ3) is 3.48. The lowest BCUT2D eigenvalue weighted by molar-refractivity contribution is -0.0399. The van der Waals surface area contributed by atoms with Crippen LogP contribution >= 0.6 is 0 Å². The lowest BCUT2D eigenvalue weighted by Crippen LogP contribution is -2.55. The second-order valence-electron chi connectivity index (χ2n) is 15.3. The first kappa shape index (κ1) is 26.6. The van der Waals surface area contributed by atoms with Gasteiger partial charge in [-0.25, -0.2) is 4.98 Å². The Kier molecular flexibility index (Phi) is 5.13. The van der Waals surface area contributed by atoms with Crippen LogP contribution in [-0.4, -0.2) is 4.98 Å². The number of pyridine rings is 1. The Morgan fingerprint density at radius 1 is 0.694 bits per heavy atom. The summed E-state index contributed by atoms with van der Waals surface area (Å²) in [5.74, 6) is 6.12. The fourth-order valence-electron chi connectivity index (χ4n) is 11.3. The highest BCUT2D eigenvalue weighted by Gasteiger charge is 2.61. The predicted molar refractivity (Wildman–Crippen MR) is 192 cm³/mol. The molecule has 0 radical (unpaired) electrons. The van der Waals surface area contributed by atoms with Gasteiger partial charge in [-0.15, -0.1) is 0 Å². The summed E-state index contributed by atoms with van der Waals surface area (Å²) in [4.78, 5) is 7.33. The van der Waals surface area contributed by atoms with E-state index in [1.807, 2.05) is 36.5 Å². The van der Waals surface area contributed by atoms with Gasteiger partial charge >= 0.3 is 0 Å². The highest BCUT2D eigenvalue weighted by atomic mass is 16.5. The second-order valence-corrected chi connectivity index (χ2v) is 15.3. The van der Waals surface area contributed by atoms with Gasteiger partial charge in [0.25, 0.3) is 0 Å². The molecule has 5 aliphatic carbocycles. The molecule has 2 aliphatic heterocycles. The van der Waals surface area contributed by atoms with Gasteiger partial charge in [0, 0.05) is 28.1 Å². The summed E-state index contributed by atoms with van der Waals surface area (Å²) in [5, 5.41) is 4.90. The standard InChI is InChI=1S/C44H35N3O2/c1-4-10-35-31(7-1)34-22-29(13-14-36(34)44(35)27-18-25-17-26(20-27)21-28(44)19-25)47(30-23-40-42(45-24-30)32-8-2-5-11-37(32)49-40)41-16-15-39-43(46-41)33-9-3-6-12-38(33)48-39/h1-16,22-28,43,46H,17-21H2. The minimum Gasteiger partial charge on any atom is -0.459 e. The summed E-state index contributed by atoms with van der Waals surface area (Å²) >= 11 is 0. The van der Waals surface area contributed by atoms with E-state index in [4.69, 9.17) is 14.1 Å². The van der Waals surface area contributed by atoms with Crippen LogP contribution in [0.5, 0.6) is 5.75 Å². The van der Waals surface area contributed by atoms with Gasteiger partial charge in [-0.3, -0.25) is 4.90 Å². The number of furan rings is 1. The van der Waals surface area contributed by atoms with Crippen molar-refractivity contribution in [2.75, 3.05) is 4.90 Å². The maximum Gasteiger partial charge on any atom is 0.155 e. The van der Waals surface area contributed by atoms with Crippen LogP contribution < -0.4 is 15.0 Å². The molecule has 4 bridgehead atoms. The molecule has 13 rings (SSSR count). The van der Waals surface area contributed by atoms with E-state index < -0.39 is 0 Å². The fraction of sp³-hybridized carbons (Fsp3) is 0.250. The van der Waals surface area contributed by atoms with Crippen molar-refractivity contribution in [1.29, 1.82) is 0 Å². The second kappa shape index (κ2) is 9.44. The van der Waals surface area contributed by atoms with Gasteiger partial charge in [0.15, 0.2) is 5.58 Å². The third-order valence-corrected chi connectivity index (χ3v) is 12.9. The molecule has 4 aromatic carbocycles. The van der Waals surface area contributed by atoms with Crippen molar-refractivity contribution in [3.05, 3.63) is 144 Å². The van der Waals surface area contributed by atoms with E-state index >= 15 is 0 Å². The maximum atomic E-state index is 6.37. The van der Waals surface area contributed by atoms with Crippen molar-refractivity contribution in [3.8, 4) is 16.9 Å². The van der Waals surface area contributed by atoms with Crippen molar-refractivity contribution >= 4 is 33.4 Å². The van der Waals surface area contributed by atoms with Gasteiger partial charge in [0.1, 0.15) is 34.5 Å². The Labute approximate surface area is 284 Å². The minimum absolute atomic E-state index is 0.0620. The molecule has 238 valence electrons. The van der Waals surface area contributed by atoms with Gasteiger partial charge in [-0.1, -0.05) is 60.7 Å². The topological polar surface area (TPSA) is 50.5 Å². The fourth-order valence-corrected chi connectivity index (χ4v) is 11.3. The number of aromatic nitrogens is 1. The molecule has 1 unspecified atom stereocenters. The molecule has 1 N–H and O–H groups in total. The van der Waals surface area contributed by atoms with E-state index in [0.29, 0.717) is 0 Å². The first-order chi connectivity index (χ1) is 24.2. The molecule has 0 saturated heterocycles. The van der Waals surface area contributed by atoms with Gasteiger partial charge in [-0.2, -0.15) is 0 Å². The first-order valence-electron chi connectivity index (χ1n) is 18.0. The van der Waals surface area contributed by atoms with Gasteiger partial charge in [-0.05, 0) is 121 Å². The molecule has 4 saturated carbocycles. The number of anilines is 2. The van der Waals surface area contributed by atoms with Crippen LogP contribution in [-0.2, 0) is 5.41 Å². The third-order valence-electron chi connectivity index (χ3n) is 12.9. The molecule has 6 aromatic rings. The number of hydrogen-bond donors (Lipinski definition) is 1. The Bertz CT molecular complexity index is 2420. The molecule has 4 heterocycles. The Balaban J connectivity index is 1.04. The number of dihydropyridines is 1. The SMILES string of the molecule is C1=C2Oc3ccccc3C2NC(N(c2ccc3c(c2)-c2ccccc2C32C3CC4CC(C3)CC2C4)c2cnc3c(c2)oc2ccccc23)=C1. The average Bonchev–Trinajstić information content (AvgIpc) is 3.78. The Morgan fingerprint density at radius 3 is 2.37 bits per heavy atom. The van der Waals surface area contributed by atoms with Crippen molar-refractivity contribution in [2.45, 2.75) is 43.6 Å². The Hall–Kier alpha value is -5.29. The first-order valence-corrected chi connectivity index (χ1v) is 18.0. The van der Waals surface area contributed by atoms with Gasteiger partial charge in [0.2, 0.25) is 0 Å². The molecule has 4 fully saturated rings. The summed E-state index contributed by atoms with van der Waals surface area (Å²) in [6.45, 7) is 0. The monoisotopic (exact) mass is 637 g/mol. The largest absolute Gasteiger partial charge is 0.459 e. The van der Waals surface area contributed by atoms with Crippen LogP contribution in [0, 0.1) is 23.7 Å². The average molecular weight is 638 g/mol. The summed E-state index contributed by atoms with van der Waals surface area (Å²) < 4.78 is 12.6. The molecule has 49 heavy (non-hydrogen) atoms. The highest BCUT2D eigenvalue weighted by molar-refractivity contribution is 6.03. The van der Waals surface area contributed by atoms with Crippen LogP contribution in [0.15, 0.2) is 131 Å². The molecule has 5 nitrogen and oxygen atoms in total. The number of nitrogens with one attached hydrogen (secondary N) is 1. The summed E-state index contributed by atoms with van der Waals surface area (Å²) in [6, 6.07) is 35.2. The molecule has 2 aromatic heterocycles. The van der Waals surface area contributed by atoms with E-state index in [1.54, 1.807) is 11.1 Å². The molecule has 0 amide bonds. The Morgan fingerprint density at radius 2 is 1.47 bits per heavy atom. The number of hydrogen-bond acceptors (Lipinski definition) is 5. The van der Waals surface area contributed by atoms with Crippen LogP contribution in [0.3, 0.4) is 0 Å². The van der Waals surface area contributed by atoms with Crippen molar-refractivity contribution < 1.29 is 9.15 Å². The van der Waals surface area contributed by atoms with Crippen molar-refractivity contribution in [3.63, 3.8) is 0 Å². The van der Waals surface area contributed by atoms with Crippen LogP contribution in [0.4, 0.5) is 11.4 Å². The molecule has 5 heteroatoms. The van der Waals surface area contributed by atoms with Gasteiger partial charge in [0.05, 0.1) is 11.9 Å². The quantitative estimate of drug-likeness (QED) is 0.209. The molecule has 1 atom stereocenters. The van der Waals surface area contributed by atoms with E-state index in [-0.39, 0.29) is 11.5 Å². The maximum absolute atomic E-state index is 6.37. The number of nitrogens with zero attached hydrogens (tertiary/aromatic N) is 2. The number of benzene rings is 4. The lowest BCUT2D eigenvalue weighted by atomic mass is 9.43. The molecular formula is C44H35N3O2. The summed E-state index contributed by atoms with van der Waals surface area (Å²) in [5.41, 5.74) is 11.8. The van der Waals surface area contributed by atoms with Crippen molar-refractivity contribution in [1.82, 2.24) is 10.3 Å². The van der Waals surface area contributed by atoms with Crippen molar-refractivity contribution in [2.24, 2.45) is 23.7 Å². The summed E-state index contributed by atoms with van der Waals surface area (Å²) in [6.07, 6.45) is 13.2. The number of para-hydroxylation sites is 2. The highest BCUT2D eigenvalue weighted by Crippen LogP contribution is 2.69. The summed E-state index contributed by atoms with van der Waals surface area (Å²) in [7, 11) is 0. The van der Waals surface area contributed by atoms with Crippen LogP contribution in [0.25, 0.3) is 33.2 Å². The molecule has 7 aliphatic rings. The number of fused-ring (bicyclic) bond motifs is 9. The molecule has 1 spiro atoms. The van der Waals surface area contributed by atoms with E-state index in [0.717, 1.165) is 80.0 Å². The lowest BCUT2D eigenvalue weighted by Gasteiger charge is -2.61. The zero-order valence-electron chi connectivity index (χ0n) is 27.1. The number of allylic oxidation sites excluding steroid dienone is 2. The smallest absolute Gasteiger partial charge is 0.155 e. The van der Waals surface area contributed by atoms with Gasteiger partial charge < -0.3 is 14.5 Å². The van der Waals surface area contributed by atoms with E-state index in [2.05, 4.69) is 89.1 Å².